The number of likely N-dealkylation sites (tertiary alicyclic amines) is 1. The number of hydrogen-bond acceptors (Lipinski definition) is 6. The van der Waals surface area contributed by atoms with Gasteiger partial charge in [0.25, 0.3) is 0 Å². The van der Waals surface area contributed by atoms with E-state index in [4.69, 9.17) is 0 Å². The van der Waals surface area contributed by atoms with Crippen LogP contribution in [0.1, 0.15) is 30.5 Å². The summed E-state index contributed by atoms with van der Waals surface area (Å²) in [6.45, 7) is 6.36. The Morgan fingerprint density at radius 3 is 2.74 bits per heavy atom. The van der Waals surface area contributed by atoms with Crippen LogP contribution in [-0.4, -0.2) is 53.1 Å². The van der Waals surface area contributed by atoms with Crippen molar-refractivity contribution in [2.45, 2.75) is 39.2 Å². The number of rotatable bonds is 3. The highest BCUT2D eigenvalue weighted by atomic mass is 15.2. The van der Waals surface area contributed by atoms with Gasteiger partial charge >= 0.3 is 0 Å². The molecule has 6 nitrogen and oxygen atoms in total. The number of aryl methyl sites for hydroxylation is 2. The Kier molecular flexibility index (Phi) is 4.61. The first-order chi connectivity index (χ1) is 11.1. The van der Waals surface area contributed by atoms with E-state index in [1.165, 1.54) is 13.0 Å². The van der Waals surface area contributed by atoms with Crippen LogP contribution in [0.5, 0.6) is 0 Å². The fraction of sp³-hybridized carbons (Fsp3) is 0.588. The molecule has 0 radical (unpaired) electrons. The van der Waals surface area contributed by atoms with E-state index in [1.807, 2.05) is 14.0 Å². The van der Waals surface area contributed by atoms with Crippen molar-refractivity contribution in [2.75, 3.05) is 37.8 Å². The number of hydrogen-bond donors (Lipinski definition) is 2. The molecule has 1 fully saturated rings. The lowest BCUT2D eigenvalue weighted by Crippen LogP contribution is -2.24. The second-order valence-corrected chi connectivity index (χ2v) is 6.50. The van der Waals surface area contributed by atoms with Gasteiger partial charge in [0.05, 0.1) is 5.39 Å². The molecule has 0 amide bonds. The zero-order valence-corrected chi connectivity index (χ0v) is 14.5. The van der Waals surface area contributed by atoms with Gasteiger partial charge in [-0.2, -0.15) is 9.97 Å². The summed E-state index contributed by atoms with van der Waals surface area (Å²) in [5.74, 6) is 1.52. The number of nitrogens with one attached hydrogen (secondary N) is 2. The Morgan fingerprint density at radius 2 is 1.96 bits per heavy atom. The summed E-state index contributed by atoms with van der Waals surface area (Å²) in [6, 6.07) is 2.49. The van der Waals surface area contributed by atoms with Gasteiger partial charge in [0, 0.05) is 18.8 Å². The van der Waals surface area contributed by atoms with Crippen LogP contribution in [0.25, 0.3) is 11.0 Å². The Bertz CT molecular complexity index is 699. The zero-order valence-electron chi connectivity index (χ0n) is 14.5. The lowest BCUT2D eigenvalue weighted by Gasteiger charge is -2.18. The fourth-order valence-electron chi connectivity index (χ4n) is 3.29. The van der Waals surface area contributed by atoms with Crippen molar-refractivity contribution in [1.82, 2.24) is 19.9 Å². The summed E-state index contributed by atoms with van der Waals surface area (Å²) < 4.78 is 0. The van der Waals surface area contributed by atoms with Gasteiger partial charge in [0.15, 0.2) is 5.65 Å². The van der Waals surface area contributed by atoms with Gasteiger partial charge in [-0.05, 0) is 64.9 Å². The molecule has 2 aromatic rings. The van der Waals surface area contributed by atoms with Crippen molar-refractivity contribution in [1.29, 1.82) is 0 Å². The maximum absolute atomic E-state index is 4.67. The van der Waals surface area contributed by atoms with E-state index < -0.39 is 0 Å². The minimum atomic E-state index is 0.424. The molecule has 3 heterocycles. The highest BCUT2D eigenvalue weighted by molar-refractivity contribution is 5.90. The summed E-state index contributed by atoms with van der Waals surface area (Å²) in [6.07, 6.45) is 3.48. The molecular formula is C17H26N6. The molecule has 6 heteroatoms. The van der Waals surface area contributed by atoms with Crippen molar-refractivity contribution in [2.24, 2.45) is 0 Å². The molecule has 0 aromatic carbocycles. The average Bonchev–Trinajstić information content (AvgIpc) is 2.70. The molecule has 23 heavy (non-hydrogen) atoms. The number of nitrogens with zero attached hydrogens (tertiary/aromatic N) is 4. The van der Waals surface area contributed by atoms with Crippen LogP contribution >= 0.6 is 0 Å². The minimum Gasteiger partial charge on any atom is -0.372 e. The van der Waals surface area contributed by atoms with Crippen molar-refractivity contribution in [3.8, 4) is 0 Å². The summed E-state index contributed by atoms with van der Waals surface area (Å²) in [7, 11) is 4.08. The highest BCUT2D eigenvalue weighted by Gasteiger charge is 2.17. The van der Waals surface area contributed by atoms with Crippen molar-refractivity contribution in [3.63, 3.8) is 0 Å². The molecule has 0 aliphatic carbocycles. The molecule has 1 aliphatic heterocycles. The SMILES string of the molecule is CNc1nc(N[C@@H]2CCCN(C)CC2)nc2nc(C)cc(C)c12. The summed E-state index contributed by atoms with van der Waals surface area (Å²) in [5.41, 5.74) is 2.90. The third kappa shape index (κ3) is 3.52. The lowest BCUT2D eigenvalue weighted by atomic mass is 10.1. The van der Waals surface area contributed by atoms with Crippen LogP contribution in [0.4, 0.5) is 11.8 Å². The third-order valence-electron chi connectivity index (χ3n) is 4.51. The molecule has 2 N–H and O–H groups in total. The number of fused-ring (bicyclic) bond motifs is 1. The molecule has 1 saturated heterocycles. The van der Waals surface area contributed by atoms with Crippen LogP contribution < -0.4 is 10.6 Å². The largest absolute Gasteiger partial charge is 0.372 e. The molecule has 0 spiro atoms. The monoisotopic (exact) mass is 314 g/mol. The molecule has 3 rings (SSSR count). The minimum absolute atomic E-state index is 0.424. The van der Waals surface area contributed by atoms with E-state index in [1.54, 1.807) is 0 Å². The first-order valence-corrected chi connectivity index (χ1v) is 8.35. The first kappa shape index (κ1) is 15.9. The maximum atomic E-state index is 4.67. The van der Waals surface area contributed by atoms with E-state index in [0.29, 0.717) is 12.0 Å². The summed E-state index contributed by atoms with van der Waals surface area (Å²) >= 11 is 0. The van der Waals surface area contributed by atoms with E-state index in [2.05, 4.69) is 50.5 Å². The molecule has 0 unspecified atom stereocenters. The Morgan fingerprint density at radius 1 is 1.13 bits per heavy atom. The van der Waals surface area contributed by atoms with Crippen molar-refractivity contribution < 1.29 is 0 Å². The Hall–Kier alpha value is -1.95. The quantitative estimate of drug-likeness (QED) is 0.908. The lowest BCUT2D eigenvalue weighted by molar-refractivity contribution is 0.348. The van der Waals surface area contributed by atoms with Gasteiger partial charge in [-0.3, -0.25) is 0 Å². The number of anilines is 2. The summed E-state index contributed by atoms with van der Waals surface area (Å²) in [4.78, 5) is 16.3. The molecule has 0 saturated carbocycles. The second kappa shape index (κ2) is 6.66. The van der Waals surface area contributed by atoms with Crippen molar-refractivity contribution in [3.05, 3.63) is 17.3 Å². The van der Waals surface area contributed by atoms with Crippen LogP contribution in [-0.2, 0) is 0 Å². The fourth-order valence-corrected chi connectivity index (χ4v) is 3.29. The van der Waals surface area contributed by atoms with E-state index in [-0.39, 0.29) is 0 Å². The second-order valence-electron chi connectivity index (χ2n) is 6.50. The number of pyridine rings is 1. The van der Waals surface area contributed by atoms with Gasteiger partial charge in [-0.25, -0.2) is 4.98 Å². The van der Waals surface area contributed by atoms with E-state index >= 15 is 0 Å². The zero-order chi connectivity index (χ0) is 16.4. The predicted molar refractivity (Wildman–Crippen MR) is 95.1 cm³/mol. The average molecular weight is 314 g/mol. The van der Waals surface area contributed by atoms with Gasteiger partial charge in [-0.15, -0.1) is 0 Å². The molecular weight excluding hydrogens is 288 g/mol. The van der Waals surface area contributed by atoms with E-state index in [9.17, 15) is 0 Å². The standard InChI is InChI=1S/C17H26N6/c1-11-10-12(2)19-16-14(11)15(18-3)21-17(22-16)20-13-6-5-8-23(4)9-7-13/h10,13H,5-9H2,1-4H3,(H2,18,19,20,21,22)/t13-/m1/s1. The van der Waals surface area contributed by atoms with Gasteiger partial charge < -0.3 is 15.5 Å². The molecule has 0 bridgehead atoms. The Labute approximate surface area is 137 Å². The first-order valence-electron chi connectivity index (χ1n) is 8.35. The van der Waals surface area contributed by atoms with Crippen LogP contribution in [0.15, 0.2) is 6.07 Å². The topological polar surface area (TPSA) is 66.0 Å². The third-order valence-corrected chi connectivity index (χ3v) is 4.51. The van der Waals surface area contributed by atoms with E-state index in [0.717, 1.165) is 47.5 Å². The van der Waals surface area contributed by atoms with Crippen LogP contribution in [0.2, 0.25) is 0 Å². The molecule has 1 aliphatic rings. The van der Waals surface area contributed by atoms with Crippen LogP contribution in [0, 0.1) is 13.8 Å². The van der Waals surface area contributed by atoms with Gasteiger partial charge in [-0.1, -0.05) is 0 Å². The van der Waals surface area contributed by atoms with Gasteiger partial charge in [0.1, 0.15) is 5.82 Å². The summed E-state index contributed by atoms with van der Waals surface area (Å²) in [5, 5.41) is 7.71. The molecule has 2 aromatic heterocycles. The van der Waals surface area contributed by atoms with Crippen molar-refractivity contribution >= 4 is 22.8 Å². The molecule has 124 valence electrons. The van der Waals surface area contributed by atoms with Crippen LogP contribution in [0.3, 0.4) is 0 Å². The highest BCUT2D eigenvalue weighted by Crippen LogP contribution is 2.25. The Balaban J connectivity index is 1.92. The molecule has 1 atom stereocenters. The van der Waals surface area contributed by atoms with Gasteiger partial charge in [0.2, 0.25) is 5.95 Å². The smallest absolute Gasteiger partial charge is 0.226 e. The number of aromatic nitrogens is 3. The normalized spacial score (nSPS) is 19.6. The maximum Gasteiger partial charge on any atom is 0.226 e. The predicted octanol–water partition coefficient (Wildman–Crippen LogP) is 2.58.